The van der Waals surface area contributed by atoms with E-state index in [9.17, 15) is 14.4 Å². The van der Waals surface area contributed by atoms with Gasteiger partial charge in [0.25, 0.3) is 5.91 Å². The molecule has 3 N–H and O–H groups in total. The highest BCUT2D eigenvalue weighted by molar-refractivity contribution is 14.1. The molecule has 0 fully saturated rings. The Morgan fingerprint density at radius 2 is 2.11 bits per heavy atom. The lowest BCUT2D eigenvalue weighted by Crippen LogP contribution is -2.45. The molecule has 1 heterocycles. The number of hydrogen-bond acceptors (Lipinski definition) is 4. The van der Waals surface area contributed by atoms with Crippen molar-refractivity contribution < 1.29 is 19.6 Å². The van der Waals surface area contributed by atoms with E-state index in [0.29, 0.717) is 8.59 Å². The van der Waals surface area contributed by atoms with Gasteiger partial charge in [0.2, 0.25) is 5.91 Å². The van der Waals surface area contributed by atoms with Gasteiger partial charge in [0, 0.05) is 8.59 Å². The van der Waals surface area contributed by atoms with E-state index in [-0.39, 0.29) is 11.3 Å². The summed E-state index contributed by atoms with van der Waals surface area (Å²) in [5.74, 6) is -4.11. The van der Waals surface area contributed by atoms with E-state index in [1.54, 1.807) is 6.07 Å². The maximum atomic E-state index is 12.1. The summed E-state index contributed by atoms with van der Waals surface area (Å²) >= 11 is 7.70. The van der Waals surface area contributed by atoms with Gasteiger partial charge < -0.3 is 5.32 Å². The average molecular weight is 381 g/mol. The third-order valence-corrected chi connectivity index (χ3v) is 3.53. The number of halogens is 2. The second-order valence-electron chi connectivity index (χ2n) is 3.57. The van der Waals surface area contributed by atoms with Gasteiger partial charge in [-0.05, 0) is 34.7 Å². The van der Waals surface area contributed by atoms with Crippen LogP contribution in [0.4, 0.5) is 5.69 Å². The van der Waals surface area contributed by atoms with Crippen LogP contribution in [0, 0.1) is 9.49 Å². The molecule has 0 bridgehead atoms. The first kappa shape index (κ1) is 13.2. The number of hydrogen-bond donors (Lipinski definition) is 3. The summed E-state index contributed by atoms with van der Waals surface area (Å²) in [4.78, 5) is 35.0. The molecule has 0 aromatic heterocycles. The van der Waals surface area contributed by atoms with Crippen LogP contribution in [0.25, 0.3) is 0 Å². The van der Waals surface area contributed by atoms with Crippen molar-refractivity contribution in [1.29, 1.82) is 0 Å². The smallest absolute Gasteiger partial charge is 0.263 e. The molecule has 1 aromatic rings. The fraction of sp³-hybridized carbons (Fsp3) is 0.100. The van der Waals surface area contributed by atoms with E-state index in [2.05, 4.69) is 5.32 Å². The van der Waals surface area contributed by atoms with Crippen LogP contribution in [0.2, 0.25) is 5.02 Å². The first-order valence-electron chi connectivity index (χ1n) is 4.73. The molecule has 1 aliphatic rings. The summed E-state index contributed by atoms with van der Waals surface area (Å²) in [7, 11) is 0. The fourth-order valence-electron chi connectivity index (χ4n) is 1.69. The lowest BCUT2D eigenvalue weighted by Gasteiger charge is -2.23. The number of Topliss-reactive ketones (excluding diaryl/α,β-unsaturated/α-hetero) is 1. The Morgan fingerprint density at radius 3 is 2.72 bits per heavy atom. The van der Waals surface area contributed by atoms with Crippen molar-refractivity contribution in [2.75, 3.05) is 5.32 Å². The van der Waals surface area contributed by atoms with Crippen molar-refractivity contribution in [1.82, 2.24) is 5.48 Å². The topological polar surface area (TPSA) is 95.5 Å². The van der Waals surface area contributed by atoms with Crippen LogP contribution in [0.1, 0.15) is 10.4 Å². The first-order valence-corrected chi connectivity index (χ1v) is 6.19. The van der Waals surface area contributed by atoms with Gasteiger partial charge in [-0.3, -0.25) is 19.6 Å². The minimum atomic E-state index is -1.59. The predicted molar refractivity (Wildman–Crippen MR) is 70.5 cm³/mol. The van der Waals surface area contributed by atoms with Crippen molar-refractivity contribution in [3.8, 4) is 0 Å². The monoisotopic (exact) mass is 380 g/mol. The molecule has 2 rings (SSSR count). The molecule has 0 saturated heterocycles. The zero-order valence-corrected chi connectivity index (χ0v) is 11.6. The summed E-state index contributed by atoms with van der Waals surface area (Å²) in [6, 6.07) is 2.98. The number of anilines is 1. The van der Waals surface area contributed by atoms with E-state index in [0.717, 1.165) is 0 Å². The molecule has 1 aromatic carbocycles. The Hall–Kier alpha value is -1.19. The van der Waals surface area contributed by atoms with E-state index < -0.39 is 23.5 Å². The van der Waals surface area contributed by atoms with E-state index >= 15 is 0 Å². The first-order chi connectivity index (χ1) is 8.45. The zero-order chi connectivity index (χ0) is 13.4. The van der Waals surface area contributed by atoms with Crippen molar-refractivity contribution in [2.24, 2.45) is 5.92 Å². The van der Waals surface area contributed by atoms with Gasteiger partial charge in [0.05, 0.1) is 11.3 Å². The standard InChI is InChI=1S/C10H6ClIN2O4/c11-3-1-4(12)6-5(2-3)13-9(16)7(8(6)15)10(17)14-18/h1-2,7,18H,(H,13,16)(H,14,17). The highest BCUT2D eigenvalue weighted by atomic mass is 127. The molecule has 0 radical (unpaired) electrons. The minimum absolute atomic E-state index is 0.216. The third-order valence-electron chi connectivity index (χ3n) is 2.46. The number of rotatable bonds is 1. The Balaban J connectivity index is 2.56. The summed E-state index contributed by atoms with van der Waals surface area (Å²) in [6.07, 6.45) is 0. The number of carbonyl (C=O) groups excluding carboxylic acids is 3. The van der Waals surface area contributed by atoms with Gasteiger partial charge in [-0.25, -0.2) is 5.48 Å². The molecule has 0 aliphatic carbocycles. The fourth-order valence-corrected chi connectivity index (χ4v) is 2.99. The second kappa shape index (κ2) is 4.82. The molecule has 1 atom stereocenters. The van der Waals surface area contributed by atoms with Crippen LogP contribution >= 0.6 is 34.2 Å². The molecule has 18 heavy (non-hydrogen) atoms. The van der Waals surface area contributed by atoms with E-state index in [1.807, 2.05) is 22.6 Å². The predicted octanol–water partition coefficient (Wildman–Crippen LogP) is 1.20. The summed E-state index contributed by atoms with van der Waals surface area (Å²) in [5.41, 5.74) is 1.79. The number of fused-ring (bicyclic) bond motifs is 1. The third kappa shape index (κ3) is 2.08. The molecule has 1 aliphatic heterocycles. The lowest BCUT2D eigenvalue weighted by atomic mass is 9.91. The molecule has 94 valence electrons. The number of carbonyl (C=O) groups is 3. The lowest BCUT2D eigenvalue weighted by molar-refractivity contribution is -0.136. The Morgan fingerprint density at radius 1 is 1.44 bits per heavy atom. The molecule has 1 unspecified atom stereocenters. The van der Waals surface area contributed by atoms with Crippen molar-refractivity contribution in [3.63, 3.8) is 0 Å². The van der Waals surface area contributed by atoms with Gasteiger partial charge in [0.1, 0.15) is 0 Å². The number of amides is 2. The summed E-state index contributed by atoms with van der Waals surface area (Å²) in [5, 5.41) is 11.3. The molecule has 8 heteroatoms. The normalized spacial score (nSPS) is 18.1. The average Bonchev–Trinajstić information content (AvgIpc) is 2.26. The van der Waals surface area contributed by atoms with E-state index in [4.69, 9.17) is 16.8 Å². The van der Waals surface area contributed by atoms with Gasteiger partial charge in [-0.2, -0.15) is 0 Å². The molecular weight excluding hydrogens is 374 g/mol. The maximum Gasteiger partial charge on any atom is 0.263 e. The summed E-state index contributed by atoms with van der Waals surface area (Å²) in [6.45, 7) is 0. The van der Waals surface area contributed by atoms with Gasteiger partial charge in [-0.15, -0.1) is 0 Å². The van der Waals surface area contributed by atoms with Gasteiger partial charge in [0.15, 0.2) is 11.7 Å². The SMILES string of the molecule is O=C(NO)C1C(=O)Nc2cc(Cl)cc(I)c2C1=O. The highest BCUT2D eigenvalue weighted by Gasteiger charge is 2.40. The number of benzene rings is 1. The van der Waals surface area contributed by atoms with Crippen LogP contribution in [0.3, 0.4) is 0 Å². The maximum absolute atomic E-state index is 12.1. The summed E-state index contributed by atoms with van der Waals surface area (Å²) < 4.78 is 0.524. The van der Waals surface area contributed by atoms with Crippen LogP contribution in [-0.4, -0.2) is 22.8 Å². The van der Waals surface area contributed by atoms with Crippen LogP contribution in [0.5, 0.6) is 0 Å². The molecular formula is C10H6ClIN2O4. The Kier molecular flexibility index (Phi) is 3.55. The molecule has 0 saturated carbocycles. The van der Waals surface area contributed by atoms with Crippen molar-refractivity contribution in [2.45, 2.75) is 0 Å². The second-order valence-corrected chi connectivity index (χ2v) is 5.17. The van der Waals surface area contributed by atoms with Crippen molar-refractivity contribution >= 4 is 57.5 Å². The van der Waals surface area contributed by atoms with Crippen LogP contribution in [0.15, 0.2) is 12.1 Å². The molecule has 0 spiro atoms. The molecule has 2 amide bonds. The largest absolute Gasteiger partial charge is 0.324 e. The van der Waals surface area contributed by atoms with Gasteiger partial charge in [-0.1, -0.05) is 11.6 Å². The quantitative estimate of drug-likeness (QED) is 0.295. The van der Waals surface area contributed by atoms with Gasteiger partial charge >= 0.3 is 0 Å². The Labute approximate surface area is 120 Å². The molecule has 6 nitrogen and oxygen atoms in total. The number of ketones is 1. The highest BCUT2D eigenvalue weighted by Crippen LogP contribution is 2.32. The van der Waals surface area contributed by atoms with Crippen LogP contribution < -0.4 is 10.8 Å². The number of hydroxylamine groups is 1. The van der Waals surface area contributed by atoms with E-state index in [1.165, 1.54) is 11.5 Å². The number of nitrogens with one attached hydrogen (secondary N) is 2. The zero-order valence-electron chi connectivity index (χ0n) is 8.66. The Bertz CT molecular complexity index is 575. The minimum Gasteiger partial charge on any atom is -0.324 e. The van der Waals surface area contributed by atoms with Crippen molar-refractivity contribution in [3.05, 3.63) is 26.3 Å². The van der Waals surface area contributed by atoms with Crippen LogP contribution in [-0.2, 0) is 9.59 Å².